The third kappa shape index (κ3) is 25.3. The maximum atomic E-state index is 13.7. The fourth-order valence-electron chi connectivity index (χ4n) is 16.1. The molecule has 0 spiro atoms. The monoisotopic (exact) mass is 1880 g/mol. The molecule has 57 heteroatoms. The number of carboxylic acid groups (broad SMARTS) is 2. The molecule has 0 bridgehead atoms. The van der Waals surface area contributed by atoms with E-state index in [9.17, 15) is 176 Å². The molecular formula is C72H120N6O51. The Hall–Kier alpha value is -5.88. The van der Waals surface area contributed by atoms with E-state index < -0.39 is 401 Å². The van der Waals surface area contributed by atoms with Crippen molar-refractivity contribution in [3.05, 3.63) is 0 Å². The predicted molar refractivity (Wildman–Crippen MR) is 402 cm³/mol. The van der Waals surface area contributed by atoms with Gasteiger partial charge in [-0.15, -0.1) is 0 Å². The van der Waals surface area contributed by atoms with Crippen LogP contribution in [0.3, 0.4) is 0 Å². The number of hydrogen-bond acceptors (Lipinski definition) is 49. The zero-order chi connectivity index (χ0) is 96.4. The molecule has 0 aromatic rings. The number of carbonyl (C=O) groups excluding carboxylic acids is 6. The Balaban J connectivity index is 1.20. The molecule has 0 saturated carbocycles. The molecule has 8 fully saturated rings. The summed E-state index contributed by atoms with van der Waals surface area (Å²) in [4.78, 5) is 104. The largest absolute Gasteiger partial charge is 0.477 e. The lowest BCUT2D eigenvalue weighted by atomic mass is 9.88. The van der Waals surface area contributed by atoms with Gasteiger partial charge in [0.15, 0.2) is 37.7 Å². The average molecular weight is 1890 g/mol. The van der Waals surface area contributed by atoms with Crippen LogP contribution in [0.5, 0.6) is 0 Å². The summed E-state index contributed by atoms with van der Waals surface area (Å²) in [5.41, 5.74) is 0. The van der Waals surface area contributed by atoms with Gasteiger partial charge in [-0.25, -0.2) is 9.59 Å². The zero-order valence-electron chi connectivity index (χ0n) is 70.1. The van der Waals surface area contributed by atoms with Gasteiger partial charge in [0.2, 0.25) is 35.4 Å². The van der Waals surface area contributed by atoms with Crippen LogP contribution >= 0.6 is 0 Å². The predicted octanol–water partition coefficient (Wildman–Crippen LogP) is -20.7. The minimum absolute atomic E-state index is 0.823. The second kappa shape index (κ2) is 47.1. The van der Waals surface area contributed by atoms with Crippen LogP contribution in [0.15, 0.2) is 0 Å². The van der Waals surface area contributed by atoms with Gasteiger partial charge in [-0.2, -0.15) is 0 Å². The normalized spacial score (nSPS) is 42.3. The van der Waals surface area contributed by atoms with Crippen molar-refractivity contribution >= 4 is 47.4 Å². The molecule has 0 aliphatic carbocycles. The van der Waals surface area contributed by atoms with Gasteiger partial charge in [0.05, 0.1) is 95.9 Å². The Bertz CT molecular complexity index is 3640. The summed E-state index contributed by atoms with van der Waals surface area (Å²) < 4.78 is 95.9. The summed E-state index contributed by atoms with van der Waals surface area (Å²) in [5, 5.41) is 317. The van der Waals surface area contributed by atoms with Crippen LogP contribution < -0.4 is 31.9 Å². The molecule has 8 saturated heterocycles. The fourth-order valence-corrected chi connectivity index (χ4v) is 16.1. The molecule has 57 nitrogen and oxygen atoms in total. The van der Waals surface area contributed by atoms with Gasteiger partial charge in [0.1, 0.15) is 195 Å². The summed E-state index contributed by atoms with van der Waals surface area (Å²) >= 11 is 0. The molecule has 0 radical (unpaired) electrons. The summed E-state index contributed by atoms with van der Waals surface area (Å²) in [6, 6.07) is -11.8. The highest BCUT2D eigenvalue weighted by Crippen LogP contribution is 2.42. The Morgan fingerprint density at radius 1 is 0.364 bits per heavy atom. The number of aliphatic hydroxyl groups is 25. The summed E-state index contributed by atoms with van der Waals surface area (Å²) in [6.07, 6.45) is -88.6. The number of hydrogen-bond donors (Lipinski definition) is 33. The van der Waals surface area contributed by atoms with Crippen LogP contribution in [0.25, 0.3) is 0 Å². The average Bonchev–Trinajstić information content (AvgIpc) is 0.753. The molecule has 33 N–H and O–H groups in total. The molecule has 0 aromatic heterocycles. The third-order valence-corrected chi connectivity index (χ3v) is 22.7. The lowest BCUT2D eigenvalue weighted by molar-refractivity contribution is -0.401. The first-order valence-corrected chi connectivity index (χ1v) is 40.6. The summed E-state index contributed by atoms with van der Waals surface area (Å²) in [6.45, 7) is -5.19. The number of carboxylic acids is 2. The van der Waals surface area contributed by atoms with Crippen LogP contribution in [0.1, 0.15) is 61.3 Å². The van der Waals surface area contributed by atoms with Crippen molar-refractivity contribution < 1.29 is 252 Å². The number of carbonyl (C=O) groups is 8. The minimum atomic E-state index is -3.34. The maximum Gasteiger partial charge on any atom is 0.364 e. The van der Waals surface area contributed by atoms with Gasteiger partial charge < -0.3 is 246 Å². The first-order chi connectivity index (χ1) is 60.5. The van der Waals surface area contributed by atoms with Gasteiger partial charge >= 0.3 is 11.9 Å². The quantitative estimate of drug-likeness (QED) is 0.0271. The molecule has 8 heterocycles. The Morgan fingerprint density at radius 2 is 0.760 bits per heavy atom. The molecule has 0 unspecified atom stereocenters. The SMILES string of the molecule is CC(=O)N[C@H]1[C@H](O[C@@H]([C@@H](O)[C@H](O)CO[C@]2(C(=O)O)C[C@H](O)[C@@H](NC(C)=O)[C@H]([C@H](O)[C@H](O)CO)O2)[C@H](CO)NC(C)=O)O[C@H](CO)[C@@H](O[C@@H]2O[C@H](CO[C@]3(C(=O)O)C[C@H](O)[C@@H](NC(C)=O)[C@H]([C@H](O)[C@H](O)CO)O3)[C@H](O)[C@H](O[C@@H]3O[C@H](CO)[C@@H](O)[C@H](O[C@@H]4O[C@H](CO)[C@H](O)[C@H](O[C@H]5O[C@H](CO)[C@H](O)[C@H](O)[C@H]5NC(C)=O)[C@H]4O[C@@H]4O[C@@H](C)[C@@H](O)[C@@H](O)[C@@H]4O)[C@H]3NC(C)=O)[C@H]2O)[C@@H]1O. The highest BCUT2D eigenvalue weighted by molar-refractivity contribution is 5.78. The van der Waals surface area contributed by atoms with Crippen molar-refractivity contribution in [1.29, 1.82) is 0 Å². The first kappa shape index (κ1) is 108. The summed E-state index contributed by atoms with van der Waals surface area (Å²) in [7, 11) is 0. The van der Waals surface area contributed by atoms with E-state index in [-0.39, 0.29) is 0 Å². The van der Waals surface area contributed by atoms with E-state index in [1.165, 1.54) is 6.92 Å². The number of nitrogens with one attached hydrogen (secondary N) is 6. The second-order valence-electron chi connectivity index (χ2n) is 32.3. The highest BCUT2D eigenvalue weighted by atomic mass is 16.8. The van der Waals surface area contributed by atoms with Crippen LogP contribution in [-0.4, -0.2) is 526 Å². The Morgan fingerprint density at radius 3 is 1.23 bits per heavy atom. The molecule has 46 atom stereocenters. The van der Waals surface area contributed by atoms with E-state index in [0.29, 0.717) is 0 Å². The smallest absolute Gasteiger partial charge is 0.364 e. The standard InChI is InChI=1S/C72H120N6O51/c1-19-42(97)52(107)53(108)66(116-19)127-62-61(126-63-39(76-23(5)89)50(105)46(101)32(13-82)117-63)48(103)34(15-84)119-68(62)124-57-41(78-25(7)91)65(118-33(14-83)47(57)102)125-60-49(104)36(18-115-72(70(112)113)9-28(93)38(75-22(4)88)59(129-72)44(99)30(95)12-81)121-67(54(60)109)123-56-35(16-85)120-64(40(51(56)106)77-24(6)90)122-55(26(10-79)73-20(2)86)45(100)31(96)17-114-71(69(110)111)8-27(92)37(74-21(3)87)58(128-71)43(98)29(94)11-80/h19,26-68,79-85,92-109H,8-18H2,1-7H3,(H,73,86)(H,74,87)(H,75,88)(H,76,89)(H,77,90)(H,78,91)(H,110,111)(H,112,113)/t19-,26-,27-,28-,29+,30+,31+,32+,33+,34+,35+,36+,37+,38+,39+,40+,41+,42+,43+,44+,45-,46-,47+,48-,49-,50+,51+,52+,53-,54+,55+,56+,57+,58+,59+,60-,61-,62+,63+,64-,65-,66-,67-,68-,71+,72+/m0/s1. The molecule has 8 rings (SSSR count). The van der Waals surface area contributed by atoms with E-state index in [1.54, 1.807) is 0 Å². The van der Waals surface area contributed by atoms with Gasteiger partial charge in [-0.05, 0) is 6.92 Å². The van der Waals surface area contributed by atoms with E-state index >= 15 is 0 Å². The number of aliphatic hydroxyl groups excluding tert-OH is 25. The molecule has 0 aromatic carbocycles. The Kier molecular flexibility index (Phi) is 39.6. The van der Waals surface area contributed by atoms with Crippen molar-refractivity contribution in [2.24, 2.45) is 0 Å². The molecular weight excluding hydrogens is 1760 g/mol. The van der Waals surface area contributed by atoms with Crippen molar-refractivity contribution in [3.63, 3.8) is 0 Å². The van der Waals surface area contributed by atoms with E-state index in [4.69, 9.17) is 75.8 Å². The van der Waals surface area contributed by atoms with Crippen LogP contribution in [0.4, 0.5) is 0 Å². The molecule has 8 aliphatic heterocycles. The van der Waals surface area contributed by atoms with Crippen LogP contribution in [-0.2, 0) is 114 Å². The third-order valence-electron chi connectivity index (χ3n) is 22.7. The topological polar surface area (TPSA) is 903 Å². The van der Waals surface area contributed by atoms with Crippen molar-refractivity contribution in [2.75, 3.05) is 59.5 Å². The van der Waals surface area contributed by atoms with Crippen molar-refractivity contribution in [3.8, 4) is 0 Å². The van der Waals surface area contributed by atoms with Crippen LogP contribution in [0.2, 0.25) is 0 Å². The first-order valence-electron chi connectivity index (χ1n) is 40.6. The van der Waals surface area contributed by atoms with Gasteiger partial charge in [-0.3, -0.25) is 28.8 Å². The fraction of sp³-hybridized carbons (Fsp3) is 0.889. The maximum absolute atomic E-state index is 13.7. The van der Waals surface area contributed by atoms with E-state index in [1.807, 2.05) is 0 Å². The number of aliphatic carboxylic acids is 2. The highest BCUT2D eigenvalue weighted by Gasteiger charge is 2.64. The number of ether oxygens (including phenoxy) is 16. The second-order valence-corrected chi connectivity index (χ2v) is 32.3. The molecule has 744 valence electrons. The lowest BCUT2D eigenvalue weighted by Crippen LogP contribution is -2.71. The van der Waals surface area contributed by atoms with Crippen molar-refractivity contribution in [2.45, 2.75) is 342 Å². The molecule has 8 aliphatic rings. The van der Waals surface area contributed by atoms with Gasteiger partial charge in [0, 0.05) is 54.4 Å². The molecule has 129 heavy (non-hydrogen) atoms. The van der Waals surface area contributed by atoms with Crippen LogP contribution in [0, 0.1) is 0 Å². The lowest BCUT2D eigenvalue weighted by Gasteiger charge is -2.52. The van der Waals surface area contributed by atoms with E-state index in [0.717, 1.165) is 41.5 Å². The minimum Gasteiger partial charge on any atom is -0.477 e. The molecule has 6 amide bonds. The van der Waals surface area contributed by atoms with Gasteiger partial charge in [-0.1, -0.05) is 0 Å². The zero-order valence-corrected chi connectivity index (χ0v) is 70.1. The number of rotatable bonds is 40. The van der Waals surface area contributed by atoms with E-state index in [2.05, 4.69) is 31.9 Å². The summed E-state index contributed by atoms with van der Waals surface area (Å²) in [5.74, 6) is -16.8. The van der Waals surface area contributed by atoms with Crippen molar-refractivity contribution in [1.82, 2.24) is 31.9 Å². The Labute approximate surface area is 730 Å². The van der Waals surface area contributed by atoms with Gasteiger partial charge in [0.25, 0.3) is 11.6 Å². The number of amides is 6.